The minimum atomic E-state index is -0.725. The average molecular weight is 613 g/mol. The maximum absolute atomic E-state index is 16.3. The fourth-order valence-electron chi connectivity index (χ4n) is 6.67. The average Bonchev–Trinajstić information content (AvgIpc) is 3.02. The summed E-state index contributed by atoms with van der Waals surface area (Å²) in [6, 6.07) is 11.5. The second-order valence-corrected chi connectivity index (χ2v) is 12.3. The van der Waals surface area contributed by atoms with Crippen molar-refractivity contribution in [3.8, 4) is 16.9 Å². The molecule has 0 aliphatic carbocycles. The van der Waals surface area contributed by atoms with E-state index in [1.807, 2.05) is 36.9 Å². The SMILES string of the molecule is C=CC(=O)N1C[C@H](C)N(c2nc(=O)n3c4nc(c(F)cc24)-c2c(F)cccc2NCCCCc2cccc(C(C)C)c2-3)C[C@H]1C. The lowest BCUT2D eigenvalue weighted by Crippen LogP contribution is -2.58. The minimum absolute atomic E-state index is 0.0180. The molecule has 2 aromatic carbocycles. The fraction of sp³-hybridized carbons (Fsp3) is 0.371. The summed E-state index contributed by atoms with van der Waals surface area (Å²) < 4.78 is 33.3. The van der Waals surface area contributed by atoms with E-state index < -0.39 is 17.3 Å². The molecule has 1 fully saturated rings. The molecule has 0 radical (unpaired) electrons. The van der Waals surface area contributed by atoms with Gasteiger partial charge in [-0.3, -0.25) is 4.79 Å². The quantitative estimate of drug-likeness (QED) is 0.277. The number of fused-ring (bicyclic) bond motifs is 5. The number of benzene rings is 2. The molecule has 4 aromatic rings. The summed E-state index contributed by atoms with van der Waals surface area (Å²) in [5.41, 5.74) is 2.52. The summed E-state index contributed by atoms with van der Waals surface area (Å²) in [5.74, 6) is -1.17. The summed E-state index contributed by atoms with van der Waals surface area (Å²) in [5, 5.41) is 3.62. The third-order valence-electron chi connectivity index (χ3n) is 8.95. The predicted octanol–water partition coefficient (Wildman–Crippen LogP) is 6.21. The number of carbonyl (C=O) groups is 1. The van der Waals surface area contributed by atoms with Gasteiger partial charge in [-0.05, 0) is 74.4 Å². The van der Waals surface area contributed by atoms with E-state index in [0.717, 1.165) is 24.0 Å². The molecule has 4 heterocycles. The van der Waals surface area contributed by atoms with Crippen molar-refractivity contribution in [2.75, 3.05) is 29.9 Å². The summed E-state index contributed by atoms with van der Waals surface area (Å²) >= 11 is 0. The van der Waals surface area contributed by atoms with E-state index in [9.17, 15) is 9.59 Å². The van der Waals surface area contributed by atoms with E-state index in [2.05, 4.69) is 30.7 Å². The Balaban J connectivity index is 1.69. The molecule has 45 heavy (non-hydrogen) atoms. The molecule has 234 valence electrons. The van der Waals surface area contributed by atoms with Crippen LogP contribution in [0.25, 0.3) is 28.0 Å². The lowest BCUT2D eigenvalue weighted by Gasteiger charge is -2.44. The van der Waals surface area contributed by atoms with Gasteiger partial charge in [-0.1, -0.05) is 44.7 Å². The zero-order valence-corrected chi connectivity index (χ0v) is 26.1. The number of para-hydroxylation sites is 1. The Bertz CT molecular complexity index is 1870. The summed E-state index contributed by atoms with van der Waals surface area (Å²) in [6.07, 6.45) is 3.59. The van der Waals surface area contributed by atoms with Gasteiger partial charge in [-0.15, -0.1) is 0 Å². The number of rotatable bonds is 3. The number of carbonyl (C=O) groups excluding carboxylic acids is 1. The van der Waals surface area contributed by atoms with Crippen LogP contribution in [0.4, 0.5) is 20.3 Å². The number of hydrogen-bond donors (Lipinski definition) is 1. The largest absolute Gasteiger partial charge is 0.384 e. The first-order valence-corrected chi connectivity index (χ1v) is 15.6. The third-order valence-corrected chi connectivity index (χ3v) is 8.95. The Labute approximate surface area is 261 Å². The number of nitrogens with one attached hydrogen (secondary N) is 1. The van der Waals surface area contributed by atoms with Crippen LogP contribution >= 0.6 is 0 Å². The molecular formula is C35H38F2N6O2. The predicted molar refractivity (Wildman–Crippen MR) is 174 cm³/mol. The fourth-order valence-corrected chi connectivity index (χ4v) is 6.67. The number of amides is 1. The highest BCUT2D eigenvalue weighted by molar-refractivity contribution is 5.92. The normalized spacial score (nSPS) is 18.5. The standard InChI is InChI=1S/C35H38F2N6O2/c1-6-29(44)41-18-22(5)42(19-21(41)4)33-25-17-27(37)31-30-26(36)14-10-15-28(30)38-16-8-7-11-23-12-9-13-24(20(2)3)32(23)43(34(25)39-31)35(45)40-33/h6,9-10,12-15,17,20-22,38H,1,7-8,11,16,18-19H2,2-5H3/t21-,22+/m1/s1. The lowest BCUT2D eigenvalue weighted by atomic mass is 9.95. The van der Waals surface area contributed by atoms with Crippen molar-refractivity contribution in [3.05, 3.63) is 88.4 Å². The van der Waals surface area contributed by atoms with E-state index in [1.54, 1.807) is 17.0 Å². The van der Waals surface area contributed by atoms with Crippen molar-refractivity contribution in [2.45, 2.75) is 65.0 Å². The molecule has 10 heteroatoms. The van der Waals surface area contributed by atoms with Crippen molar-refractivity contribution in [1.82, 2.24) is 19.4 Å². The van der Waals surface area contributed by atoms with Crippen LogP contribution in [0.1, 0.15) is 57.6 Å². The van der Waals surface area contributed by atoms with Crippen LogP contribution in [-0.4, -0.2) is 57.1 Å². The number of halogens is 2. The second-order valence-electron chi connectivity index (χ2n) is 12.3. The molecule has 2 aliphatic heterocycles. The van der Waals surface area contributed by atoms with Gasteiger partial charge < -0.3 is 15.1 Å². The number of nitrogens with zero attached hydrogens (tertiary/aromatic N) is 5. The molecule has 1 amide bonds. The number of hydrogen-bond acceptors (Lipinski definition) is 6. The van der Waals surface area contributed by atoms with E-state index in [1.165, 1.54) is 22.8 Å². The zero-order valence-electron chi connectivity index (χ0n) is 26.1. The maximum Gasteiger partial charge on any atom is 0.355 e. The molecule has 2 aromatic heterocycles. The second kappa shape index (κ2) is 12.1. The Kier molecular flexibility index (Phi) is 8.16. The topological polar surface area (TPSA) is 83.4 Å². The number of aryl methyl sites for hydroxylation is 1. The van der Waals surface area contributed by atoms with Crippen molar-refractivity contribution in [3.63, 3.8) is 0 Å². The number of piperazine rings is 1. The van der Waals surface area contributed by atoms with Crippen molar-refractivity contribution in [2.24, 2.45) is 0 Å². The zero-order chi connectivity index (χ0) is 32.0. The van der Waals surface area contributed by atoms with Crippen LogP contribution in [0.5, 0.6) is 0 Å². The Hall–Kier alpha value is -4.60. The molecule has 2 atom stereocenters. The number of pyridine rings is 1. The van der Waals surface area contributed by atoms with Crippen LogP contribution in [0.3, 0.4) is 0 Å². The van der Waals surface area contributed by atoms with Gasteiger partial charge in [-0.2, -0.15) is 4.98 Å². The van der Waals surface area contributed by atoms with E-state index in [4.69, 9.17) is 4.98 Å². The van der Waals surface area contributed by atoms with Gasteiger partial charge in [0.25, 0.3) is 0 Å². The maximum atomic E-state index is 16.3. The number of aromatic nitrogens is 3. The third kappa shape index (κ3) is 5.36. The molecule has 2 aliphatic rings. The van der Waals surface area contributed by atoms with Crippen LogP contribution in [0, 0.1) is 11.6 Å². The first-order valence-electron chi connectivity index (χ1n) is 15.6. The highest BCUT2D eigenvalue weighted by atomic mass is 19.1. The molecule has 8 nitrogen and oxygen atoms in total. The van der Waals surface area contributed by atoms with Crippen molar-refractivity contribution < 1.29 is 13.6 Å². The first-order chi connectivity index (χ1) is 21.6. The van der Waals surface area contributed by atoms with Gasteiger partial charge in [-0.25, -0.2) is 23.1 Å². The van der Waals surface area contributed by atoms with Crippen LogP contribution in [0.2, 0.25) is 0 Å². The molecule has 1 saturated heterocycles. The number of anilines is 2. The Morgan fingerprint density at radius 1 is 1.04 bits per heavy atom. The first kappa shape index (κ1) is 30.4. The Morgan fingerprint density at radius 3 is 2.58 bits per heavy atom. The smallest absolute Gasteiger partial charge is 0.355 e. The molecule has 2 bridgehead atoms. The van der Waals surface area contributed by atoms with Gasteiger partial charge in [0.15, 0.2) is 11.5 Å². The van der Waals surface area contributed by atoms with Gasteiger partial charge in [0.1, 0.15) is 17.3 Å². The van der Waals surface area contributed by atoms with Crippen LogP contribution in [-0.2, 0) is 11.2 Å². The van der Waals surface area contributed by atoms with Gasteiger partial charge in [0, 0.05) is 37.4 Å². The van der Waals surface area contributed by atoms with Gasteiger partial charge >= 0.3 is 5.69 Å². The monoisotopic (exact) mass is 612 g/mol. The highest BCUT2D eigenvalue weighted by Crippen LogP contribution is 2.37. The molecule has 0 saturated carbocycles. The summed E-state index contributed by atoms with van der Waals surface area (Å²) in [4.78, 5) is 39.9. The molecule has 6 rings (SSSR count). The van der Waals surface area contributed by atoms with Gasteiger partial charge in [0.05, 0.1) is 16.6 Å². The van der Waals surface area contributed by atoms with E-state index in [0.29, 0.717) is 42.8 Å². The summed E-state index contributed by atoms with van der Waals surface area (Å²) in [7, 11) is 0. The molecular weight excluding hydrogens is 574 g/mol. The molecule has 0 unspecified atom stereocenters. The van der Waals surface area contributed by atoms with Crippen LogP contribution < -0.4 is 15.9 Å². The van der Waals surface area contributed by atoms with Crippen LogP contribution in [0.15, 0.2) is 59.9 Å². The Morgan fingerprint density at radius 2 is 1.82 bits per heavy atom. The van der Waals surface area contributed by atoms with Crippen molar-refractivity contribution in [1.29, 1.82) is 0 Å². The lowest BCUT2D eigenvalue weighted by molar-refractivity contribution is -0.128. The summed E-state index contributed by atoms with van der Waals surface area (Å²) in [6.45, 7) is 12.9. The van der Waals surface area contributed by atoms with E-state index in [-0.39, 0.29) is 46.6 Å². The van der Waals surface area contributed by atoms with Gasteiger partial charge in [0.2, 0.25) is 5.91 Å². The minimum Gasteiger partial charge on any atom is -0.384 e. The van der Waals surface area contributed by atoms with E-state index >= 15 is 8.78 Å². The highest BCUT2D eigenvalue weighted by Gasteiger charge is 2.34. The van der Waals surface area contributed by atoms with Crippen molar-refractivity contribution >= 4 is 28.4 Å². The molecule has 1 N–H and O–H groups in total. The molecule has 0 spiro atoms.